The van der Waals surface area contributed by atoms with E-state index >= 15 is 0 Å². The molecule has 0 atom stereocenters. The van der Waals surface area contributed by atoms with Crippen molar-refractivity contribution in [2.75, 3.05) is 38.2 Å². The zero-order valence-corrected chi connectivity index (χ0v) is 17.5. The number of rotatable bonds is 7. The van der Waals surface area contributed by atoms with Crippen LogP contribution in [0.25, 0.3) is 0 Å². The Morgan fingerprint density at radius 3 is 2.66 bits per heavy atom. The molecular formula is C21H26N2O5S. The summed E-state index contributed by atoms with van der Waals surface area (Å²) in [6.45, 7) is 5.60. The lowest BCUT2D eigenvalue weighted by molar-refractivity contribution is -0.116. The second kappa shape index (κ2) is 9.39. The molecule has 0 bridgehead atoms. The number of nitrogens with one attached hydrogen (secondary N) is 1. The molecule has 0 unspecified atom stereocenters. The topological polar surface area (TPSA) is 84.9 Å². The molecule has 29 heavy (non-hydrogen) atoms. The summed E-state index contributed by atoms with van der Waals surface area (Å²) in [6, 6.07) is 12.2. The first-order valence-electron chi connectivity index (χ1n) is 9.54. The van der Waals surface area contributed by atoms with E-state index in [2.05, 4.69) is 5.32 Å². The molecule has 3 rings (SSSR count). The second-order valence-corrected chi connectivity index (χ2v) is 8.90. The summed E-state index contributed by atoms with van der Waals surface area (Å²) in [7, 11) is -3.60. The Morgan fingerprint density at radius 1 is 1.14 bits per heavy atom. The third-order valence-corrected chi connectivity index (χ3v) is 6.55. The lowest BCUT2D eigenvalue weighted by Gasteiger charge is -2.26. The fourth-order valence-electron chi connectivity index (χ4n) is 3.01. The number of amides is 1. The molecule has 2 aromatic rings. The number of ether oxygens (including phenoxy) is 2. The lowest BCUT2D eigenvalue weighted by Crippen LogP contribution is -2.40. The summed E-state index contributed by atoms with van der Waals surface area (Å²) in [5.41, 5.74) is 2.54. The van der Waals surface area contributed by atoms with Gasteiger partial charge in [-0.3, -0.25) is 4.79 Å². The minimum Gasteiger partial charge on any atom is -0.493 e. The predicted molar refractivity (Wildman–Crippen MR) is 111 cm³/mol. The number of hydrogen-bond acceptors (Lipinski definition) is 5. The SMILES string of the molecule is Cc1ccc(C)c(OCCC(=O)Nc2cccc(S(=O)(=O)N3CCOCC3)c2)c1. The van der Waals surface area contributed by atoms with Crippen molar-refractivity contribution in [2.24, 2.45) is 0 Å². The van der Waals surface area contributed by atoms with E-state index in [1.165, 1.54) is 16.4 Å². The molecule has 1 aliphatic rings. The van der Waals surface area contributed by atoms with Gasteiger partial charge in [-0.1, -0.05) is 18.2 Å². The van der Waals surface area contributed by atoms with E-state index in [4.69, 9.17) is 9.47 Å². The van der Waals surface area contributed by atoms with Gasteiger partial charge in [-0.05, 0) is 49.2 Å². The van der Waals surface area contributed by atoms with Gasteiger partial charge in [0.05, 0.1) is 31.1 Å². The lowest BCUT2D eigenvalue weighted by atomic mass is 10.1. The number of carbonyl (C=O) groups excluding carboxylic acids is 1. The van der Waals surface area contributed by atoms with E-state index in [0.29, 0.717) is 32.0 Å². The number of benzene rings is 2. The molecule has 1 heterocycles. The monoisotopic (exact) mass is 418 g/mol. The van der Waals surface area contributed by atoms with Crippen LogP contribution < -0.4 is 10.1 Å². The predicted octanol–water partition coefficient (Wildman–Crippen LogP) is 2.73. The van der Waals surface area contributed by atoms with E-state index in [9.17, 15) is 13.2 Å². The Kier molecular flexibility index (Phi) is 6.89. The summed E-state index contributed by atoms with van der Waals surface area (Å²) in [6.07, 6.45) is 0.161. The molecule has 1 aliphatic heterocycles. The Labute approximate surface area is 171 Å². The smallest absolute Gasteiger partial charge is 0.243 e. The summed E-state index contributed by atoms with van der Waals surface area (Å²) >= 11 is 0. The van der Waals surface area contributed by atoms with E-state index in [0.717, 1.165) is 16.9 Å². The van der Waals surface area contributed by atoms with Crippen LogP contribution in [0, 0.1) is 13.8 Å². The molecule has 2 aromatic carbocycles. The van der Waals surface area contributed by atoms with Gasteiger partial charge in [0.25, 0.3) is 0 Å². The highest BCUT2D eigenvalue weighted by Gasteiger charge is 2.26. The van der Waals surface area contributed by atoms with Crippen LogP contribution in [0.5, 0.6) is 5.75 Å². The summed E-state index contributed by atoms with van der Waals surface area (Å²) in [5.74, 6) is 0.521. The highest BCUT2D eigenvalue weighted by molar-refractivity contribution is 7.89. The van der Waals surface area contributed by atoms with Crippen molar-refractivity contribution < 1.29 is 22.7 Å². The van der Waals surface area contributed by atoms with Crippen LogP contribution in [0.4, 0.5) is 5.69 Å². The summed E-state index contributed by atoms with van der Waals surface area (Å²) < 4.78 is 37.8. The first-order valence-corrected chi connectivity index (χ1v) is 11.0. The van der Waals surface area contributed by atoms with Crippen LogP contribution in [0.2, 0.25) is 0 Å². The Hall–Kier alpha value is -2.42. The molecule has 0 saturated carbocycles. The fraction of sp³-hybridized carbons (Fsp3) is 0.381. The quantitative estimate of drug-likeness (QED) is 0.747. The van der Waals surface area contributed by atoms with Gasteiger partial charge in [-0.25, -0.2) is 8.42 Å². The Morgan fingerprint density at radius 2 is 1.90 bits per heavy atom. The highest BCUT2D eigenvalue weighted by Crippen LogP contribution is 2.21. The van der Waals surface area contributed by atoms with Gasteiger partial charge in [-0.2, -0.15) is 4.31 Å². The number of aryl methyl sites for hydroxylation is 2. The van der Waals surface area contributed by atoms with Crippen molar-refractivity contribution in [3.63, 3.8) is 0 Å². The molecule has 1 N–H and O–H groups in total. The minimum atomic E-state index is -3.60. The standard InChI is InChI=1S/C21H26N2O5S/c1-16-6-7-17(2)20(14-16)28-11-8-21(24)22-18-4-3-5-19(15-18)29(25,26)23-9-12-27-13-10-23/h3-7,14-15H,8-13H2,1-2H3,(H,22,24). The van der Waals surface area contributed by atoms with Crippen molar-refractivity contribution in [3.05, 3.63) is 53.6 Å². The average Bonchev–Trinajstić information content (AvgIpc) is 2.71. The molecule has 0 aromatic heterocycles. The van der Waals surface area contributed by atoms with Crippen LogP contribution in [-0.2, 0) is 19.6 Å². The third kappa shape index (κ3) is 5.56. The fourth-order valence-corrected chi connectivity index (χ4v) is 4.46. The maximum atomic E-state index is 12.8. The normalized spacial score (nSPS) is 15.1. The van der Waals surface area contributed by atoms with Crippen molar-refractivity contribution >= 4 is 21.6 Å². The minimum absolute atomic E-state index is 0.156. The molecule has 0 aliphatic carbocycles. The van der Waals surface area contributed by atoms with Gasteiger partial charge in [0.15, 0.2) is 0 Å². The first kappa shape index (κ1) is 21.3. The molecule has 1 saturated heterocycles. The highest BCUT2D eigenvalue weighted by atomic mass is 32.2. The average molecular weight is 419 g/mol. The zero-order valence-electron chi connectivity index (χ0n) is 16.7. The Bertz CT molecular complexity index is 969. The van der Waals surface area contributed by atoms with Crippen molar-refractivity contribution in [2.45, 2.75) is 25.2 Å². The van der Waals surface area contributed by atoms with Crippen LogP contribution in [0.1, 0.15) is 17.5 Å². The number of carbonyl (C=O) groups is 1. The van der Waals surface area contributed by atoms with Gasteiger partial charge in [0.2, 0.25) is 15.9 Å². The van der Waals surface area contributed by atoms with E-state index in [-0.39, 0.29) is 23.8 Å². The summed E-state index contributed by atoms with van der Waals surface area (Å²) in [5, 5.41) is 2.74. The molecule has 1 fully saturated rings. The van der Waals surface area contributed by atoms with Crippen molar-refractivity contribution in [3.8, 4) is 5.75 Å². The number of nitrogens with zero attached hydrogens (tertiary/aromatic N) is 1. The molecule has 0 spiro atoms. The molecule has 156 valence electrons. The molecular weight excluding hydrogens is 392 g/mol. The number of sulfonamides is 1. The van der Waals surface area contributed by atoms with E-state index < -0.39 is 10.0 Å². The zero-order chi connectivity index (χ0) is 20.9. The van der Waals surface area contributed by atoms with E-state index in [1.807, 2.05) is 32.0 Å². The second-order valence-electron chi connectivity index (χ2n) is 6.96. The number of anilines is 1. The van der Waals surface area contributed by atoms with Gasteiger partial charge < -0.3 is 14.8 Å². The van der Waals surface area contributed by atoms with Gasteiger partial charge in [0.1, 0.15) is 5.75 Å². The van der Waals surface area contributed by atoms with Crippen LogP contribution in [-0.4, -0.2) is 51.5 Å². The van der Waals surface area contributed by atoms with Crippen molar-refractivity contribution in [1.82, 2.24) is 4.31 Å². The summed E-state index contributed by atoms with van der Waals surface area (Å²) in [4.78, 5) is 12.4. The molecule has 0 radical (unpaired) electrons. The van der Waals surface area contributed by atoms with E-state index in [1.54, 1.807) is 12.1 Å². The van der Waals surface area contributed by atoms with Crippen molar-refractivity contribution in [1.29, 1.82) is 0 Å². The van der Waals surface area contributed by atoms with Crippen LogP contribution >= 0.6 is 0 Å². The Balaban J connectivity index is 1.58. The maximum Gasteiger partial charge on any atom is 0.243 e. The number of morpholine rings is 1. The number of hydrogen-bond donors (Lipinski definition) is 1. The van der Waals surface area contributed by atoms with Crippen LogP contribution in [0.3, 0.4) is 0 Å². The largest absolute Gasteiger partial charge is 0.493 e. The van der Waals surface area contributed by atoms with Crippen LogP contribution in [0.15, 0.2) is 47.4 Å². The first-order chi connectivity index (χ1) is 13.9. The van der Waals surface area contributed by atoms with Gasteiger partial charge >= 0.3 is 0 Å². The maximum absolute atomic E-state index is 12.8. The van der Waals surface area contributed by atoms with Gasteiger partial charge in [-0.15, -0.1) is 0 Å². The molecule has 1 amide bonds. The molecule has 8 heteroatoms. The third-order valence-electron chi connectivity index (χ3n) is 4.66. The molecule has 7 nitrogen and oxygen atoms in total. The van der Waals surface area contributed by atoms with Gasteiger partial charge in [0, 0.05) is 18.8 Å².